The predicted molar refractivity (Wildman–Crippen MR) is 162 cm³/mol. The number of nitrogens with one attached hydrogen (secondary N) is 1. The van der Waals surface area contributed by atoms with Crippen LogP contribution in [0.2, 0.25) is 15.1 Å². The van der Waals surface area contributed by atoms with Gasteiger partial charge in [0.15, 0.2) is 0 Å². The second-order valence-electron chi connectivity index (χ2n) is 9.70. The smallest absolute Gasteiger partial charge is 0.352 e. The number of halogens is 6. The minimum Gasteiger partial charge on any atom is -0.352 e. The number of alkyl halides is 3. The van der Waals surface area contributed by atoms with Gasteiger partial charge < -0.3 is 10.2 Å². The molecule has 0 spiro atoms. The van der Waals surface area contributed by atoms with Crippen molar-refractivity contribution in [3.05, 3.63) is 92.9 Å². The molecule has 0 aliphatic carbocycles. The molecule has 0 unspecified atom stereocenters. The third-order valence-electron chi connectivity index (χ3n) is 6.71. The van der Waals surface area contributed by atoms with E-state index < -0.39 is 51.9 Å². The van der Waals surface area contributed by atoms with Gasteiger partial charge in [0.1, 0.15) is 12.6 Å². The van der Waals surface area contributed by atoms with Gasteiger partial charge in [0.25, 0.3) is 10.0 Å². The summed E-state index contributed by atoms with van der Waals surface area (Å²) >= 11 is 19.0. The van der Waals surface area contributed by atoms with Crippen LogP contribution < -0.4 is 9.62 Å². The van der Waals surface area contributed by atoms with E-state index in [0.717, 1.165) is 11.0 Å². The van der Waals surface area contributed by atoms with Crippen LogP contribution in [-0.4, -0.2) is 43.8 Å². The van der Waals surface area contributed by atoms with Gasteiger partial charge in [0, 0.05) is 28.2 Å². The van der Waals surface area contributed by atoms with Gasteiger partial charge in [-0.25, -0.2) is 8.42 Å². The van der Waals surface area contributed by atoms with Gasteiger partial charge in [-0.15, -0.1) is 0 Å². The summed E-state index contributed by atoms with van der Waals surface area (Å²) in [5, 5.41) is 2.81. The van der Waals surface area contributed by atoms with Gasteiger partial charge in [-0.2, -0.15) is 13.2 Å². The molecule has 0 heterocycles. The molecule has 0 radical (unpaired) electrons. The van der Waals surface area contributed by atoms with E-state index in [4.69, 9.17) is 34.8 Å². The van der Waals surface area contributed by atoms with Gasteiger partial charge >= 0.3 is 6.18 Å². The fourth-order valence-corrected chi connectivity index (χ4v) is 6.25. The summed E-state index contributed by atoms with van der Waals surface area (Å²) < 4.78 is 69.2. The van der Waals surface area contributed by atoms with Crippen LogP contribution in [0, 0.1) is 0 Å². The number of hydrogen-bond donors (Lipinski definition) is 1. The highest BCUT2D eigenvalue weighted by molar-refractivity contribution is 7.92. The normalized spacial score (nSPS) is 13.2. The second kappa shape index (κ2) is 14.2. The van der Waals surface area contributed by atoms with Crippen LogP contribution in [-0.2, 0) is 32.3 Å². The molecule has 232 valence electrons. The lowest BCUT2D eigenvalue weighted by atomic mass is 10.1. The number of amides is 2. The maximum absolute atomic E-state index is 14.0. The first-order valence-electron chi connectivity index (χ1n) is 13.0. The quantitative estimate of drug-likeness (QED) is 0.233. The lowest BCUT2D eigenvalue weighted by Crippen LogP contribution is -2.52. The zero-order chi connectivity index (χ0) is 32.1. The van der Waals surface area contributed by atoms with E-state index in [1.807, 2.05) is 6.92 Å². The highest BCUT2D eigenvalue weighted by Gasteiger charge is 2.36. The van der Waals surface area contributed by atoms with Crippen molar-refractivity contribution < 1.29 is 31.2 Å². The summed E-state index contributed by atoms with van der Waals surface area (Å²) in [6.45, 7) is 3.76. The van der Waals surface area contributed by atoms with Crippen LogP contribution in [0.3, 0.4) is 0 Å². The molecule has 0 aromatic heterocycles. The molecule has 0 saturated heterocycles. The SMILES string of the molecule is CC[C@H](C)NC(=O)[C@@H](C)N(Cc1c(Cl)cccc1Cl)C(=O)CN(c1cc(C(F)(F)F)ccc1Cl)S(=O)(=O)c1ccccc1. The Morgan fingerprint density at radius 2 is 1.51 bits per heavy atom. The first-order chi connectivity index (χ1) is 20.1. The number of rotatable bonds is 11. The molecule has 7 nitrogen and oxygen atoms in total. The minimum absolute atomic E-state index is 0.189. The number of sulfonamides is 1. The number of carbonyl (C=O) groups is 2. The number of benzene rings is 3. The Balaban J connectivity index is 2.16. The molecule has 0 saturated carbocycles. The van der Waals surface area contributed by atoms with Crippen molar-refractivity contribution in [2.24, 2.45) is 0 Å². The average Bonchev–Trinajstić information content (AvgIpc) is 2.95. The van der Waals surface area contributed by atoms with Crippen LogP contribution in [0.15, 0.2) is 71.6 Å². The second-order valence-corrected chi connectivity index (χ2v) is 12.8. The highest BCUT2D eigenvalue weighted by atomic mass is 35.5. The number of nitrogens with zero attached hydrogens (tertiary/aromatic N) is 2. The Bertz CT molecular complexity index is 1550. The maximum atomic E-state index is 14.0. The number of anilines is 1. The van der Waals surface area contributed by atoms with Gasteiger partial charge in [0.05, 0.1) is 21.2 Å². The topological polar surface area (TPSA) is 86.8 Å². The van der Waals surface area contributed by atoms with E-state index >= 15 is 0 Å². The van der Waals surface area contributed by atoms with E-state index in [1.54, 1.807) is 19.1 Å². The van der Waals surface area contributed by atoms with Crippen molar-refractivity contribution in [1.82, 2.24) is 10.2 Å². The summed E-state index contributed by atoms with van der Waals surface area (Å²) in [6.07, 6.45) is -4.24. The van der Waals surface area contributed by atoms with Crippen molar-refractivity contribution in [2.75, 3.05) is 10.8 Å². The zero-order valence-corrected chi connectivity index (χ0v) is 26.4. The summed E-state index contributed by atoms with van der Waals surface area (Å²) in [6, 6.07) is 12.3. The monoisotopic (exact) mass is 677 g/mol. The van der Waals surface area contributed by atoms with Crippen molar-refractivity contribution in [2.45, 2.75) is 56.9 Å². The maximum Gasteiger partial charge on any atom is 0.416 e. The predicted octanol–water partition coefficient (Wildman–Crippen LogP) is 7.19. The molecule has 2 atom stereocenters. The first-order valence-corrected chi connectivity index (χ1v) is 15.6. The Morgan fingerprint density at radius 1 is 0.907 bits per heavy atom. The Hall–Kier alpha value is -2.99. The van der Waals surface area contributed by atoms with Gasteiger partial charge in [-0.3, -0.25) is 13.9 Å². The summed E-state index contributed by atoms with van der Waals surface area (Å²) in [5.74, 6) is -1.46. The summed E-state index contributed by atoms with van der Waals surface area (Å²) in [4.78, 5) is 27.9. The van der Waals surface area contributed by atoms with Crippen LogP contribution in [0.25, 0.3) is 0 Å². The minimum atomic E-state index is -4.83. The molecule has 3 aromatic carbocycles. The van der Waals surface area contributed by atoms with Gasteiger partial charge in [-0.1, -0.05) is 66.0 Å². The third-order valence-corrected chi connectivity index (χ3v) is 9.51. The lowest BCUT2D eigenvalue weighted by Gasteiger charge is -2.33. The van der Waals surface area contributed by atoms with Crippen LogP contribution in [0.1, 0.15) is 38.3 Å². The molecule has 0 aliphatic heterocycles. The van der Waals surface area contributed by atoms with Crippen molar-refractivity contribution >= 4 is 62.3 Å². The molecular weight excluding hydrogens is 650 g/mol. The van der Waals surface area contributed by atoms with Crippen molar-refractivity contribution in [3.8, 4) is 0 Å². The largest absolute Gasteiger partial charge is 0.416 e. The molecule has 0 fully saturated rings. The Kier molecular flexibility index (Phi) is 11.4. The van der Waals surface area contributed by atoms with E-state index in [2.05, 4.69) is 5.32 Å². The van der Waals surface area contributed by atoms with Crippen LogP contribution in [0.5, 0.6) is 0 Å². The molecule has 14 heteroatoms. The van der Waals surface area contributed by atoms with Crippen molar-refractivity contribution in [1.29, 1.82) is 0 Å². The van der Waals surface area contributed by atoms with E-state index in [9.17, 15) is 31.2 Å². The van der Waals surface area contributed by atoms with Crippen LogP contribution >= 0.6 is 34.8 Å². The molecule has 43 heavy (non-hydrogen) atoms. The molecule has 0 aliphatic rings. The van der Waals surface area contributed by atoms with E-state index in [1.165, 1.54) is 43.3 Å². The van der Waals surface area contributed by atoms with E-state index in [-0.39, 0.29) is 38.1 Å². The number of carbonyl (C=O) groups excluding carboxylic acids is 2. The summed E-state index contributed by atoms with van der Waals surface area (Å²) in [5.41, 5.74) is -1.45. The standard InChI is InChI=1S/C29H29Cl3F3N3O4S/c1-4-18(2)36-28(40)19(3)37(16-22-23(30)11-8-12-24(22)31)27(39)17-38(43(41,42)21-9-6-5-7-10-21)26-15-20(29(33,34)35)13-14-25(26)32/h5-15,18-19H,4,16-17H2,1-3H3,(H,36,40)/t18-,19+/m0/s1. The highest BCUT2D eigenvalue weighted by Crippen LogP contribution is 2.37. The average molecular weight is 679 g/mol. The van der Waals surface area contributed by atoms with E-state index in [0.29, 0.717) is 22.9 Å². The van der Waals surface area contributed by atoms with Crippen molar-refractivity contribution in [3.63, 3.8) is 0 Å². The molecule has 3 rings (SSSR count). The number of hydrogen-bond acceptors (Lipinski definition) is 4. The summed E-state index contributed by atoms with van der Waals surface area (Å²) in [7, 11) is -4.64. The molecule has 3 aromatic rings. The molecule has 2 amide bonds. The Labute approximate surface area is 263 Å². The lowest BCUT2D eigenvalue weighted by molar-refractivity contribution is -0.139. The molecule has 1 N–H and O–H groups in total. The Morgan fingerprint density at radius 3 is 2.07 bits per heavy atom. The van der Waals surface area contributed by atoms with Gasteiger partial charge in [-0.05, 0) is 62.7 Å². The van der Waals surface area contributed by atoms with Crippen LogP contribution in [0.4, 0.5) is 18.9 Å². The van der Waals surface area contributed by atoms with Gasteiger partial charge in [0.2, 0.25) is 11.8 Å². The fourth-order valence-electron chi connectivity index (χ4n) is 4.02. The fraction of sp³-hybridized carbons (Fsp3) is 0.310. The molecular formula is C29H29Cl3F3N3O4S. The third kappa shape index (κ3) is 8.35. The zero-order valence-electron chi connectivity index (χ0n) is 23.3. The first kappa shape index (κ1) is 34.5. The molecule has 0 bridgehead atoms.